The topological polar surface area (TPSA) is 88.8 Å². The van der Waals surface area contributed by atoms with Crippen molar-refractivity contribution in [3.63, 3.8) is 0 Å². The summed E-state index contributed by atoms with van der Waals surface area (Å²) in [5, 5.41) is 11.5. The first kappa shape index (κ1) is 24.6. The lowest BCUT2D eigenvalue weighted by Gasteiger charge is -2.36. The Hall–Kier alpha value is -3.49. The number of halogens is 1. The zero-order valence-electron chi connectivity index (χ0n) is 19.5. The average molecular weight is 495 g/mol. The van der Waals surface area contributed by atoms with Crippen molar-refractivity contribution in [2.75, 3.05) is 26.7 Å². The molecule has 2 heterocycles. The monoisotopic (exact) mass is 494 g/mol. The summed E-state index contributed by atoms with van der Waals surface area (Å²) in [4.78, 5) is 32.4. The maximum atomic E-state index is 13.0. The molecule has 1 aliphatic heterocycles. The first-order valence-electron chi connectivity index (χ1n) is 11.5. The summed E-state index contributed by atoms with van der Waals surface area (Å²) in [6, 6.07) is 17.0. The first-order valence-corrected chi connectivity index (χ1v) is 11.9. The van der Waals surface area contributed by atoms with Crippen molar-refractivity contribution in [3.05, 3.63) is 93.3 Å². The standard InChI is InChI=1S/C26H27ClN4O4/c1-29(22-12-16-30(17-13-22)15-11-21-4-2-3-14-28-21)26(32)19-5-8-23(9-6-19)35-25-10-7-20(27)18-24(25)31(33)34/h2-10,14,18,22H,11-13,15-17H2,1H3. The van der Waals surface area contributed by atoms with Gasteiger partial charge in [0.2, 0.25) is 5.75 Å². The van der Waals surface area contributed by atoms with Crippen molar-refractivity contribution in [3.8, 4) is 11.5 Å². The van der Waals surface area contributed by atoms with Crippen LogP contribution in [0.3, 0.4) is 0 Å². The van der Waals surface area contributed by atoms with Crippen LogP contribution >= 0.6 is 11.6 Å². The Morgan fingerprint density at radius 1 is 1.17 bits per heavy atom. The van der Waals surface area contributed by atoms with Crippen LogP contribution in [0.5, 0.6) is 11.5 Å². The van der Waals surface area contributed by atoms with E-state index in [0.29, 0.717) is 11.3 Å². The molecular formula is C26H27ClN4O4. The van der Waals surface area contributed by atoms with Gasteiger partial charge in [-0.05, 0) is 61.4 Å². The highest BCUT2D eigenvalue weighted by Crippen LogP contribution is 2.33. The number of amides is 1. The molecule has 182 valence electrons. The molecule has 2 aromatic carbocycles. The largest absolute Gasteiger partial charge is 0.450 e. The molecule has 0 bridgehead atoms. The number of aromatic nitrogens is 1. The number of benzene rings is 2. The summed E-state index contributed by atoms with van der Waals surface area (Å²) in [5.74, 6) is 0.433. The van der Waals surface area contributed by atoms with Crippen molar-refractivity contribution in [2.24, 2.45) is 0 Å². The van der Waals surface area contributed by atoms with Crippen LogP contribution in [-0.4, -0.2) is 58.3 Å². The van der Waals surface area contributed by atoms with Crippen LogP contribution in [0.4, 0.5) is 5.69 Å². The molecule has 4 rings (SSSR count). The van der Waals surface area contributed by atoms with Crippen LogP contribution in [0.1, 0.15) is 28.9 Å². The predicted octanol–water partition coefficient (Wildman–Crippen LogP) is 5.21. The van der Waals surface area contributed by atoms with Crippen LogP contribution in [0.25, 0.3) is 0 Å². The SMILES string of the molecule is CN(C(=O)c1ccc(Oc2ccc(Cl)cc2[N+](=O)[O-])cc1)C1CCN(CCc2ccccn2)CC1. The number of nitro benzene ring substituents is 1. The molecule has 9 heteroatoms. The van der Waals surface area contributed by atoms with E-state index >= 15 is 0 Å². The molecule has 0 unspecified atom stereocenters. The Bertz CT molecular complexity index is 1170. The van der Waals surface area contributed by atoms with Gasteiger partial charge in [0.1, 0.15) is 5.75 Å². The molecule has 35 heavy (non-hydrogen) atoms. The average Bonchev–Trinajstić information content (AvgIpc) is 2.89. The van der Waals surface area contributed by atoms with Crippen molar-refractivity contribution >= 4 is 23.2 Å². The van der Waals surface area contributed by atoms with E-state index in [0.717, 1.165) is 44.6 Å². The fraction of sp³-hybridized carbons (Fsp3) is 0.308. The molecule has 1 fully saturated rings. The van der Waals surface area contributed by atoms with E-state index in [1.54, 1.807) is 24.3 Å². The highest BCUT2D eigenvalue weighted by atomic mass is 35.5. The van der Waals surface area contributed by atoms with Gasteiger partial charge in [0.15, 0.2) is 0 Å². The van der Waals surface area contributed by atoms with Crippen molar-refractivity contribution in [1.82, 2.24) is 14.8 Å². The zero-order valence-corrected chi connectivity index (χ0v) is 20.2. The van der Waals surface area contributed by atoms with Gasteiger partial charge >= 0.3 is 5.69 Å². The molecule has 0 aliphatic carbocycles. The molecule has 0 N–H and O–H groups in total. The number of hydrogen-bond acceptors (Lipinski definition) is 6. The van der Waals surface area contributed by atoms with Gasteiger partial charge in [-0.1, -0.05) is 17.7 Å². The van der Waals surface area contributed by atoms with E-state index in [1.165, 1.54) is 18.2 Å². The smallest absolute Gasteiger partial charge is 0.313 e. The highest BCUT2D eigenvalue weighted by Gasteiger charge is 2.26. The molecule has 1 aromatic heterocycles. The first-order chi connectivity index (χ1) is 16.9. The van der Waals surface area contributed by atoms with E-state index in [9.17, 15) is 14.9 Å². The van der Waals surface area contributed by atoms with Gasteiger partial charge in [-0.2, -0.15) is 0 Å². The molecule has 1 aliphatic rings. The van der Waals surface area contributed by atoms with Crippen molar-refractivity contribution in [2.45, 2.75) is 25.3 Å². The number of pyridine rings is 1. The third-order valence-electron chi connectivity index (χ3n) is 6.28. The molecule has 8 nitrogen and oxygen atoms in total. The number of carbonyl (C=O) groups excluding carboxylic acids is 1. The Labute approximate surface area is 209 Å². The lowest BCUT2D eigenvalue weighted by Crippen LogP contribution is -2.46. The van der Waals surface area contributed by atoms with Crippen LogP contribution in [0.2, 0.25) is 5.02 Å². The molecule has 1 saturated heterocycles. The molecule has 1 amide bonds. The molecule has 0 saturated carbocycles. The van der Waals surface area contributed by atoms with Gasteiger partial charge in [0.25, 0.3) is 5.91 Å². The number of likely N-dealkylation sites (tertiary alicyclic amines) is 1. The lowest BCUT2D eigenvalue weighted by atomic mass is 10.0. The minimum atomic E-state index is -0.544. The zero-order chi connectivity index (χ0) is 24.8. The number of piperidine rings is 1. The molecule has 3 aromatic rings. The van der Waals surface area contributed by atoms with Crippen LogP contribution in [0, 0.1) is 10.1 Å². The molecular weight excluding hydrogens is 468 g/mol. The van der Waals surface area contributed by atoms with E-state index < -0.39 is 4.92 Å². The minimum Gasteiger partial charge on any atom is -0.450 e. The molecule has 0 atom stereocenters. The summed E-state index contributed by atoms with van der Waals surface area (Å²) in [5.41, 5.74) is 1.42. The van der Waals surface area contributed by atoms with E-state index in [1.807, 2.05) is 36.3 Å². The number of nitrogens with zero attached hydrogens (tertiary/aromatic N) is 4. The van der Waals surface area contributed by atoms with E-state index in [4.69, 9.17) is 16.3 Å². The number of ether oxygens (including phenoxy) is 1. The Kier molecular flexibility index (Phi) is 7.94. The summed E-state index contributed by atoms with van der Waals surface area (Å²) >= 11 is 5.85. The van der Waals surface area contributed by atoms with E-state index in [2.05, 4.69) is 9.88 Å². The highest BCUT2D eigenvalue weighted by molar-refractivity contribution is 6.30. The summed E-state index contributed by atoms with van der Waals surface area (Å²) in [6.45, 7) is 2.86. The lowest BCUT2D eigenvalue weighted by molar-refractivity contribution is -0.385. The van der Waals surface area contributed by atoms with Gasteiger partial charge in [-0.15, -0.1) is 0 Å². The number of carbonyl (C=O) groups is 1. The van der Waals surface area contributed by atoms with Crippen LogP contribution in [-0.2, 0) is 6.42 Å². The minimum absolute atomic E-state index is 0.0547. The summed E-state index contributed by atoms with van der Waals surface area (Å²) in [7, 11) is 1.85. The van der Waals surface area contributed by atoms with Crippen molar-refractivity contribution < 1.29 is 14.5 Å². The molecule has 0 spiro atoms. The molecule has 0 radical (unpaired) electrons. The van der Waals surface area contributed by atoms with Crippen LogP contribution in [0.15, 0.2) is 66.9 Å². The van der Waals surface area contributed by atoms with E-state index in [-0.39, 0.29) is 28.4 Å². The van der Waals surface area contributed by atoms with Gasteiger partial charge in [-0.25, -0.2) is 0 Å². The maximum Gasteiger partial charge on any atom is 0.313 e. The Morgan fingerprint density at radius 2 is 1.91 bits per heavy atom. The van der Waals surface area contributed by atoms with Gasteiger partial charge in [0.05, 0.1) is 4.92 Å². The third kappa shape index (κ3) is 6.35. The fourth-order valence-electron chi connectivity index (χ4n) is 4.23. The summed E-state index contributed by atoms with van der Waals surface area (Å²) < 4.78 is 5.67. The van der Waals surface area contributed by atoms with Gasteiger partial charge in [0, 0.05) is 67.7 Å². The van der Waals surface area contributed by atoms with Gasteiger partial charge in [-0.3, -0.25) is 19.9 Å². The summed E-state index contributed by atoms with van der Waals surface area (Å²) in [6.07, 6.45) is 4.59. The van der Waals surface area contributed by atoms with Gasteiger partial charge < -0.3 is 14.5 Å². The Balaban J connectivity index is 1.31. The Morgan fingerprint density at radius 3 is 2.57 bits per heavy atom. The van der Waals surface area contributed by atoms with Crippen LogP contribution < -0.4 is 4.74 Å². The quantitative estimate of drug-likeness (QED) is 0.315. The predicted molar refractivity (Wildman–Crippen MR) is 134 cm³/mol. The fourth-order valence-corrected chi connectivity index (χ4v) is 4.40. The second kappa shape index (κ2) is 11.3. The number of hydrogen-bond donors (Lipinski definition) is 0. The number of nitro groups is 1. The van der Waals surface area contributed by atoms with Crippen molar-refractivity contribution in [1.29, 1.82) is 0 Å². The maximum absolute atomic E-state index is 13.0. The number of rotatable bonds is 8. The second-order valence-corrected chi connectivity index (χ2v) is 8.99. The normalized spacial score (nSPS) is 14.5. The second-order valence-electron chi connectivity index (χ2n) is 8.56. The third-order valence-corrected chi connectivity index (χ3v) is 6.52.